The first-order chi connectivity index (χ1) is 13.6. The Kier molecular flexibility index (Phi) is 5.17. The number of rotatable bonds is 7. The van der Waals surface area contributed by atoms with Crippen molar-refractivity contribution >= 4 is 17.7 Å². The van der Waals surface area contributed by atoms with E-state index >= 15 is 0 Å². The molecule has 7 heteroatoms. The van der Waals surface area contributed by atoms with E-state index in [-0.39, 0.29) is 19.8 Å². The van der Waals surface area contributed by atoms with E-state index in [1.807, 2.05) is 36.4 Å². The molecule has 4 rings (SSSR count). The van der Waals surface area contributed by atoms with Gasteiger partial charge in [0.05, 0.1) is 19.9 Å². The predicted octanol–water partition coefficient (Wildman–Crippen LogP) is 3.08. The van der Waals surface area contributed by atoms with Crippen LogP contribution in [0.1, 0.15) is 19.4 Å². The average Bonchev–Trinajstić information content (AvgIpc) is 3.12. The zero-order valence-electron chi connectivity index (χ0n) is 16.3. The third-order valence-electron chi connectivity index (χ3n) is 4.95. The van der Waals surface area contributed by atoms with Gasteiger partial charge in [-0.1, -0.05) is 18.2 Å². The van der Waals surface area contributed by atoms with Gasteiger partial charge in [-0.3, -0.25) is 0 Å². The average molecular weight is 384 g/mol. The van der Waals surface area contributed by atoms with Gasteiger partial charge in [0.1, 0.15) is 18.1 Å². The van der Waals surface area contributed by atoms with E-state index in [9.17, 15) is 4.39 Å². The lowest BCUT2D eigenvalue weighted by Gasteiger charge is -2.33. The molecule has 0 radical (unpaired) electrons. The van der Waals surface area contributed by atoms with Crippen molar-refractivity contribution in [3.63, 3.8) is 0 Å². The number of benzene rings is 1. The molecule has 1 saturated heterocycles. The van der Waals surface area contributed by atoms with Crippen LogP contribution in [0, 0.1) is 0 Å². The third-order valence-corrected chi connectivity index (χ3v) is 4.95. The Morgan fingerprint density at radius 3 is 2.57 bits per heavy atom. The molecule has 0 aromatic heterocycles. The Morgan fingerprint density at radius 2 is 1.93 bits per heavy atom. The molecule has 0 spiro atoms. The molecule has 0 unspecified atom stereocenters. The van der Waals surface area contributed by atoms with Crippen LogP contribution in [0.25, 0.3) is 6.08 Å². The quantitative estimate of drug-likeness (QED) is 0.725. The Balaban J connectivity index is 1.40. The molecule has 0 N–H and O–H groups in total. The molecule has 1 aromatic carbocycles. The maximum absolute atomic E-state index is 13.9. The van der Waals surface area contributed by atoms with Crippen molar-refractivity contribution in [1.29, 1.82) is 0 Å². The largest absolute Gasteiger partial charge is 0.490 e. The van der Waals surface area contributed by atoms with Crippen molar-refractivity contribution in [2.24, 2.45) is 9.98 Å². The highest BCUT2D eigenvalue weighted by Crippen LogP contribution is 2.24. The Hall–Kier alpha value is -2.67. The van der Waals surface area contributed by atoms with E-state index in [4.69, 9.17) is 9.47 Å². The minimum Gasteiger partial charge on any atom is -0.490 e. The number of ether oxygens (including phenoxy) is 2. The van der Waals surface area contributed by atoms with Crippen molar-refractivity contribution < 1.29 is 13.9 Å². The highest BCUT2D eigenvalue weighted by Gasteiger charge is 2.39. The maximum Gasteiger partial charge on any atom is 0.190 e. The van der Waals surface area contributed by atoms with E-state index in [2.05, 4.69) is 39.8 Å². The molecule has 3 aliphatic heterocycles. The van der Waals surface area contributed by atoms with Gasteiger partial charge in [0.25, 0.3) is 0 Å². The number of nitrogens with zero attached hydrogens (tertiary/aromatic N) is 4. The van der Waals surface area contributed by atoms with Crippen LogP contribution in [0.5, 0.6) is 5.75 Å². The second-order valence-corrected chi connectivity index (χ2v) is 7.16. The normalized spacial score (nSPS) is 20.5. The zero-order chi connectivity index (χ0) is 19.6. The van der Waals surface area contributed by atoms with E-state index in [1.165, 1.54) is 0 Å². The fraction of sp³-hybridized carbons (Fsp3) is 0.429. The molecule has 0 atom stereocenters. The van der Waals surface area contributed by atoms with Crippen molar-refractivity contribution in [3.05, 3.63) is 47.8 Å². The van der Waals surface area contributed by atoms with Crippen LogP contribution in [0.2, 0.25) is 0 Å². The summed E-state index contributed by atoms with van der Waals surface area (Å²) in [6, 6.07) is 7.54. The Labute approximate surface area is 164 Å². The number of aliphatic imine (C=N–C) groups is 2. The Morgan fingerprint density at radius 1 is 1.14 bits per heavy atom. The van der Waals surface area contributed by atoms with Gasteiger partial charge in [0, 0.05) is 19.3 Å². The number of amidine groups is 2. The van der Waals surface area contributed by atoms with Gasteiger partial charge in [-0.05, 0) is 37.6 Å². The first-order valence-corrected chi connectivity index (χ1v) is 9.65. The van der Waals surface area contributed by atoms with Crippen LogP contribution in [0.4, 0.5) is 4.39 Å². The summed E-state index contributed by atoms with van der Waals surface area (Å²) in [6.45, 7) is 7.18. The van der Waals surface area contributed by atoms with Crippen molar-refractivity contribution in [3.8, 4) is 5.75 Å². The van der Waals surface area contributed by atoms with Gasteiger partial charge in [-0.2, -0.15) is 0 Å². The van der Waals surface area contributed by atoms with E-state index in [1.54, 1.807) is 0 Å². The molecule has 0 amide bonds. The number of hydrogen-bond donors (Lipinski definition) is 0. The molecule has 0 aliphatic carbocycles. The van der Waals surface area contributed by atoms with Gasteiger partial charge in [0.15, 0.2) is 17.3 Å². The highest BCUT2D eigenvalue weighted by atomic mass is 19.1. The zero-order valence-corrected chi connectivity index (χ0v) is 16.3. The van der Waals surface area contributed by atoms with Gasteiger partial charge in [0.2, 0.25) is 0 Å². The topological polar surface area (TPSA) is 49.7 Å². The lowest BCUT2D eigenvalue weighted by atomic mass is 10.1. The molecule has 3 aliphatic rings. The summed E-state index contributed by atoms with van der Waals surface area (Å²) in [4.78, 5) is 13.8. The highest BCUT2D eigenvalue weighted by molar-refractivity contribution is 6.16. The summed E-state index contributed by atoms with van der Waals surface area (Å²) >= 11 is 0. The molecule has 28 heavy (non-hydrogen) atoms. The van der Waals surface area contributed by atoms with Gasteiger partial charge < -0.3 is 19.3 Å². The van der Waals surface area contributed by atoms with Crippen LogP contribution in [-0.4, -0.2) is 66.7 Å². The first kappa shape index (κ1) is 18.7. The second kappa shape index (κ2) is 7.75. The summed E-state index contributed by atoms with van der Waals surface area (Å²) < 4.78 is 24.3. The number of halogens is 1. The molecule has 3 heterocycles. The monoisotopic (exact) mass is 384 g/mol. The molecular formula is C21H25FN4O2. The van der Waals surface area contributed by atoms with Crippen molar-refractivity contribution in [2.45, 2.75) is 19.5 Å². The fourth-order valence-electron chi connectivity index (χ4n) is 3.16. The second-order valence-electron chi connectivity index (χ2n) is 7.16. The number of alkyl halides is 1. The smallest absolute Gasteiger partial charge is 0.190 e. The molecule has 6 nitrogen and oxygen atoms in total. The fourth-order valence-corrected chi connectivity index (χ4v) is 3.16. The SMILES string of the molecule is CCN1C=C2N=C(/C=C/c3ccc(OCC4(F)COC4)cc3)N=C2N(CC)C1. The number of fused-ring (bicyclic) bond motifs is 1. The van der Waals surface area contributed by atoms with Crippen molar-refractivity contribution in [1.82, 2.24) is 9.80 Å². The van der Waals surface area contributed by atoms with Crippen LogP contribution >= 0.6 is 0 Å². The van der Waals surface area contributed by atoms with Gasteiger partial charge in [-0.15, -0.1) is 0 Å². The van der Waals surface area contributed by atoms with Crippen molar-refractivity contribution in [2.75, 3.05) is 39.6 Å². The Bertz CT molecular complexity index is 840. The van der Waals surface area contributed by atoms with Crippen LogP contribution in [-0.2, 0) is 4.74 Å². The van der Waals surface area contributed by atoms with E-state index in [0.717, 1.165) is 36.9 Å². The van der Waals surface area contributed by atoms with E-state index in [0.29, 0.717) is 11.6 Å². The summed E-state index contributed by atoms with van der Waals surface area (Å²) in [5, 5.41) is 0. The molecule has 1 fully saturated rings. The summed E-state index contributed by atoms with van der Waals surface area (Å²) in [5.74, 6) is 2.28. The maximum atomic E-state index is 13.9. The first-order valence-electron chi connectivity index (χ1n) is 9.65. The third kappa shape index (κ3) is 3.94. The lowest BCUT2D eigenvalue weighted by Crippen LogP contribution is -2.50. The molecule has 0 saturated carbocycles. The van der Waals surface area contributed by atoms with Crippen LogP contribution in [0.3, 0.4) is 0 Å². The number of likely N-dealkylation sites (N-methyl/N-ethyl adjacent to an activating group) is 1. The van der Waals surface area contributed by atoms with Gasteiger partial charge >= 0.3 is 0 Å². The lowest BCUT2D eigenvalue weighted by molar-refractivity contribution is -0.146. The van der Waals surface area contributed by atoms with Crippen LogP contribution < -0.4 is 4.74 Å². The minimum absolute atomic E-state index is 0.0221. The predicted molar refractivity (Wildman–Crippen MR) is 108 cm³/mol. The minimum atomic E-state index is -1.34. The molecule has 1 aromatic rings. The molecular weight excluding hydrogens is 359 g/mol. The summed E-state index contributed by atoms with van der Waals surface area (Å²) in [5.41, 5.74) is 0.575. The van der Waals surface area contributed by atoms with E-state index < -0.39 is 5.67 Å². The standard InChI is InChI=1S/C21H25FN4O2/c1-3-25-11-18-20(26(4-2)15-25)24-19(23-18)10-7-16-5-8-17(9-6-16)28-14-21(22)12-27-13-21/h5-11H,3-4,12-15H2,1-2H3/b10-7+. The summed E-state index contributed by atoms with van der Waals surface area (Å²) in [6.07, 6.45) is 5.95. The summed E-state index contributed by atoms with van der Waals surface area (Å²) in [7, 11) is 0. The molecule has 148 valence electrons. The number of hydrogen-bond acceptors (Lipinski definition) is 6. The van der Waals surface area contributed by atoms with Crippen LogP contribution in [0.15, 0.2) is 52.2 Å². The van der Waals surface area contributed by atoms with Gasteiger partial charge in [-0.25, -0.2) is 14.4 Å². The molecule has 0 bridgehead atoms.